The highest BCUT2D eigenvalue weighted by atomic mass is 16.4. The number of fused-ring (bicyclic) bond motifs is 3. The zero-order valence-corrected chi connectivity index (χ0v) is 9.17. The topological polar surface area (TPSA) is 70.3 Å². The van der Waals surface area contributed by atoms with Gasteiger partial charge in [0, 0.05) is 16.3 Å². The molecule has 0 aliphatic carbocycles. The van der Waals surface area contributed by atoms with Crippen LogP contribution in [0.4, 0.5) is 0 Å². The molecule has 0 aliphatic heterocycles. The van der Waals surface area contributed by atoms with Crippen molar-refractivity contribution < 1.29 is 14.3 Å². The van der Waals surface area contributed by atoms with E-state index in [0.717, 1.165) is 0 Å². The van der Waals surface area contributed by atoms with Gasteiger partial charge in [-0.15, -0.1) is 0 Å². The summed E-state index contributed by atoms with van der Waals surface area (Å²) in [5.41, 5.74) is -0.188. The molecule has 1 aromatic heterocycles. The zero-order chi connectivity index (χ0) is 12.7. The van der Waals surface area contributed by atoms with Crippen molar-refractivity contribution in [3.63, 3.8) is 0 Å². The molecule has 4 nitrogen and oxygen atoms in total. The molecule has 0 atom stereocenters. The summed E-state index contributed by atoms with van der Waals surface area (Å²) in [5.74, 6) is -1.31. The summed E-state index contributed by atoms with van der Waals surface area (Å²) in [5, 5.41) is 12.3. The molecular weight excluding hydrogens is 232 g/mol. The second kappa shape index (κ2) is 3.70. The standard InChI is InChI=1S/C14H8O4/c15-13(16)9-5-3-6-10-12(9)8-4-1-2-7-11(8)18-14(10)17/h1-7H,(H,15,16)/p-1. The van der Waals surface area contributed by atoms with Crippen LogP contribution in [0.1, 0.15) is 10.4 Å². The van der Waals surface area contributed by atoms with E-state index in [1.807, 2.05) is 0 Å². The molecule has 0 fully saturated rings. The van der Waals surface area contributed by atoms with Crippen LogP contribution in [0, 0.1) is 0 Å². The predicted molar refractivity (Wildman–Crippen MR) is 64.3 cm³/mol. The molecule has 1 heterocycles. The van der Waals surface area contributed by atoms with Crippen LogP contribution in [-0.2, 0) is 0 Å². The fourth-order valence-corrected chi connectivity index (χ4v) is 2.10. The van der Waals surface area contributed by atoms with Gasteiger partial charge in [-0.2, -0.15) is 0 Å². The SMILES string of the molecule is O=C([O-])c1cccc2c(=O)oc3ccccc3c12. The summed E-state index contributed by atoms with van der Waals surface area (Å²) in [7, 11) is 0. The molecule has 4 heteroatoms. The lowest BCUT2D eigenvalue weighted by Gasteiger charge is -2.08. The van der Waals surface area contributed by atoms with Crippen molar-refractivity contribution in [2.24, 2.45) is 0 Å². The van der Waals surface area contributed by atoms with Crippen LogP contribution < -0.4 is 10.7 Å². The molecule has 3 aromatic rings. The molecule has 88 valence electrons. The molecular formula is C14H7O4-. The lowest BCUT2D eigenvalue weighted by Crippen LogP contribution is -2.23. The summed E-state index contributed by atoms with van der Waals surface area (Å²) < 4.78 is 5.14. The van der Waals surface area contributed by atoms with Crippen molar-refractivity contribution in [1.29, 1.82) is 0 Å². The highest BCUT2D eigenvalue weighted by molar-refractivity contribution is 6.13. The van der Waals surface area contributed by atoms with Crippen LogP contribution in [-0.4, -0.2) is 5.97 Å². The molecule has 0 spiro atoms. The average molecular weight is 239 g/mol. The first kappa shape index (κ1) is 10.5. The van der Waals surface area contributed by atoms with E-state index >= 15 is 0 Å². The Morgan fingerprint density at radius 2 is 1.72 bits per heavy atom. The number of hydrogen-bond donors (Lipinski definition) is 0. The second-order valence-corrected chi connectivity index (χ2v) is 3.90. The van der Waals surface area contributed by atoms with Crippen LogP contribution in [0.3, 0.4) is 0 Å². The van der Waals surface area contributed by atoms with Crippen LogP contribution >= 0.6 is 0 Å². The van der Waals surface area contributed by atoms with E-state index in [-0.39, 0.29) is 10.9 Å². The Bertz CT molecular complexity index is 830. The van der Waals surface area contributed by atoms with Crippen LogP contribution in [0.15, 0.2) is 51.7 Å². The highest BCUT2D eigenvalue weighted by Crippen LogP contribution is 2.25. The average Bonchev–Trinajstić information content (AvgIpc) is 2.38. The molecule has 0 bridgehead atoms. The van der Waals surface area contributed by atoms with E-state index in [9.17, 15) is 14.7 Å². The number of hydrogen-bond acceptors (Lipinski definition) is 4. The molecule has 0 saturated heterocycles. The van der Waals surface area contributed by atoms with E-state index in [2.05, 4.69) is 0 Å². The smallest absolute Gasteiger partial charge is 0.344 e. The van der Waals surface area contributed by atoms with Crippen LogP contribution in [0.25, 0.3) is 21.7 Å². The number of rotatable bonds is 1. The first-order valence-corrected chi connectivity index (χ1v) is 5.34. The maximum absolute atomic E-state index is 11.8. The number of carbonyl (C=O) groups is 1. The number of aromatic carboxylic acids is 1. The molecule has 0 radical (unpaired) electrons. The van der Waals surface area contributed by atoms with Gasteiger partial charge >= 0.3 is 5.63 Å². The first-order chi connectivity index (χ1) is 8.68. The quantitative estimate of drug-likeness (QED) is 0.474. The van der Waals surface area contributed by atoms with E-state index in [1.54, 1.807) is 30.3 Å². The lowest BCUT2D eigenvalue weighted by molar-refractivity contribution is -0.254. The van der Waals surface area contributed by atoms with E-state index in [1.165, 1.54) is 12.1 Å². The van der Waals surface area contributed by atoms with Crippen molar-refractivity contribution >= 4 is 27.7 Å². The molecule has 0 amide bonds. The Balaban J connectivity index is 2.68. The Labute approximate surface area is 101 Å². The van der Waals surface area contributed by atoms with Gasteiger partial charge in [0.1, 0.15) is 5.58 Å². The van der Waals surface area contributed by atoms with Gasteiger partial charge in [0.2, 0.25) is 0 Å². The number of para-hydroxylation sites is 1. The van der Waals surface area contributed by atoms with Gasteiger partial charge in [-0.25, -0.2) is 4.79 Å². The largest absolute Gasteiger partial charge is 0.545 e. The van der Waals surface area contributed by atoms with Crippen molar-refractivity contribution in [3.8, 4) is 0 Å². The summed E-state index contributed by atoms with van der Waals surface area (Å²) in [6.45, 7) is 0. The number of benzene rings is 2. The fourth-order valence-electron chi connectivity index (χ4n) is 2.10. The van der Waals surface area contributed by atoms with Crippen molar-refractivity contribution in [3.05, 3.63) is 58.4 Å². The normalized spacial score (nSPS) is 10.9. The van der Waals surface area contributed by atoms with E-state index < -0.39 is 11.6 Å². The van der Waals surface area contributed by atoms with Crippen molar-refractivity contribution in [2.45, 2.75) is 0 Å². The number of carboxylic acid groups (broad SMARTS) is 1. The van der Waals surface area contributed by atoms with Gasteiger partial charge in [-0.3, -0.25) is 0 Å². The third kappa shape index (κ3) is 1.39. The maximum Gasteiger partial charge on any atom is 0.344 e. The first-order valence-electron chi connectivity index (χ1n) is 5.34. The molecule has 2 aromatic carbocycles. The zero-order valence-electron chi connectivity index (χ0n) is 9.17. The minimum atomic E-state index is -1.31. The van der Waals surface area contributed by atoms with Gasteiger partial charge in [0.05, 0.1) is 11.4 Å². The minimum absolute atomic E-state index is 0.00315. The molecule has 0 aliphatic rings. The minimum Gasteiger partial charge on any atom is -0.545 e. The summed E-state index contributed by atoms with van der Waals surface area (Å²) in [6, 6.07) is 11.3. The number of carboxylic acids is 1. The third-order valence-corrected chi connectivity index (χ3v) is 2.86. The predicted octanol–water partition coefficient (Wildman–Crippen LogP) is 1.31. The maximum atomic E-state index is 11.8. The van der Waals surface area contributed by atoms with Gasteiger partial charge in [0.25, 0.3) is 0 Å². The summed E-state index contributed by atoms with van der Waals surface area (Å²) in [6.07, 6.45) is 0. The Morgan fingerprint density at radius 1 is 1.00 bits per heavy atom. The Morgan fingerprint density at radius 3 is 2.50 bits per heavy atom. The molecule has 0 unspecified atom stereocenters. The Hall–Kier alpha value is -2.62. The third-order valence-electron chi connectivity index (χ3n) is 2.86. The summed E-state index contributed by atoms with van der Waals surface area (Å²) in [4.78, 5) is 22.9. The second-order valence-electron chi connectivity index (χ2n) is 3.90. The van der Waals surface area contributed by atoms with Gasteiger partial charge in [-0.05, 0) is 12.1 Å². The number of carbonyl (C=O) groups excluding carboxylic acids is 1. The Kier molecular flexibility index (Phi) is 2.16. The van der Waals surface area contributed by atoms with Crippen molar-refractivity contribution in [1.82, 2.24) is 0 Å². The molecule has 18 heavy (non-hydrogen) atoms. The van der Waals surface area contributed by atoms with E-state index in [4.69, 9.17) is 4.42 Å². The summed E-state index contributed by atoms with van der Waals surface area (Å²) >= 11 is 0. The van der Waals surface area contributed by atoms with Gasteiger partial charge < -0.3 is 14.3 Å². The lowest BCUT2D eigenvalue weighted by atomic mass is 10.0. The van der Waals surface area contributed by atoms with Gasteiger partial charge in [0.15, 0.2) is 0 Å². The molecule has 0 saturated carbocycles. The van der Waals surface area contributed by atoms with Crippen LogP contribution in [0.5, 0.6) is 0 Å². The molecule has 0 N–H and O–H groups in total. The van der Waals surface area contributed by atoms with Gasteiger partial charge in [-0.1, -0.05) is 30.3 Å². The fraction of sp³-hybridized carbons (Fsp3) is 0. The molecule has 3 rings (SSSR count). The van der Waals surface area contributed by atoms with E-state index in [0.29, 0.717) is 16.4 Å². The van der Waals surface area contributed by atoms with Crippen LogP contribution in [0.2, 0.25) is 0 Å². The highest BCUT2D eigenvalue weighted by Gasteiger charge is 2.10. The monoisotopic (exact) mass is 239 g/mol. The van der Waals surface area contributed by atoms with Crippen molar-refractivity contribution in [2.75, 3.05) is 0 Å².